The van der Waals surface area contributed by atoms with E-state index < -0.39 is 20.0 Å². The maximum absolute atomic E-state index is 13.6. The lowest BCUT2D eigenvalue weighted by atomic mass is 10.1. The van der Waals surface area contributed by atoms with Crippen LogP contribution in [0.3, 0.4) is 0 Å². The number of rotatable bonds is 9. The lowest BCUT2D eigenvalue weighted by Crippen LogP contribution is -2.32. The Labute approximate surface area is 217 Å². The highest BCUT2D eigenvalue weighted by Crippen LogP contribution is 2.27. The van der Waals surface area contributed by atoms with Crippen LogP contribution in [-0.2, 0) is 33.0 Å². The molecule has 0 atom stereocenters. The molecule has 0 aliphatic carbocycles. The molecule has 0 N–H and O–H groups in total. The Kier molecular flexibility index (Phi) is 6.97. The second-order valence-electron chi connectivity index (χ2n) is 8.67. The Balaban J connectivity index is 1.52. The van der Waals surface area contributed by atoms with Gasteiger partial charge in [-0.3, -0.25) is 0 Å². The number of aromatic nitrogens is 1. The van der Waals surface area contributed by atoms with Gasteiger partial charge < -0.3 is 0 Å². The molecule has 4 aromatic carbocycles. The van der Waals surface area contributed by atoms with Crippen molar-refractivity contribution in [2.45, 2.75) is 22.8 Å². The molecule has 0 unspecified atom stereocenters. The van der Waals surface area contributed by atoms with Crippen LogP contribution in [0.5, 0.6) is 0 Å². The van der Waals surface area contributed by atoms with Crippen LogP contribution in [0.25, 0.3) is 10.9 Å². The molecule has 0 saturated carbocycles. The SMILES string of the molecule is O=S(=O)(c1ccccc1)N(CCc1cn(S(=O)(=O)c2ccccc2)c2ccccc12)Cc1ccccc1. The average molecular weight is 531 g/mol. The van der Waals surface area contributed by atoms with E-state index in [2.05, 4.69) is 0 Å². The van der Waals surface area contributed by atoms with Gasteiger partial charge in [0.2, 0.25) is 10.0 Å². The number of benzene rings is 4. The van der Waals surface area contributed by atoms with Crippen LogP contribution in [-0.4, -0.2) is 31.7 Å². The van der Waals surface area contributed by atoms with Crippen LogP contribution in [0.15, 0.2) is 131 Å². The van der Waals surface area contributed by atoms with Crippen LogP contribution < -0.4 is 0 Å². The molecular weight excluding hydrogens is 504 g/mol. The molecule has 5 aromatic rings. The molecule has 1 aromatic heterocycles. The van der Waals surface area contributed by atoms with Crippen LogP contribution in [0, 0.1) is 0 Å². The van der Waals surface area contributed by atoms with Crippen molar-refractivity contribution >= 4 is 30.9 Å². The first-order chi connectivity index (χ1) is 17.9. The van der Waals surface area contributed by atoms with Gasteiger partial charge in [0.25, 0.3) is 10.0 Å². The fourth-order valence-corrected chi connectivity index (χ4v) is 7.24. The van der Waals surface area contributed by atoms with E-state index in [4.69, 9.17) is 0 Å². The van der Waals surface area contributed by atoms with E-state index in [1.807, 2.05) is 42.5 Å². The predicted octanol–water partition coefficient (Wildman–Crippen LogP) is 5.31. The van der Waals surface area contributed by atoms with Gasteiger partial charge in [-0.05, 0) is 47.9 Å². The van der Waals surface area contributed by atoms with Crippen molar-refractivity contribution in [3.63, 3.8) is 0 Å². The minimum absolute atomic E-state index is 0.186. The minimum Gasteiger partial charge on any atom is -0.241 e. The molecule has 37 heavy (non-hydrogen) atoms. The molecule has 0 amide bonds. The number of para-hydroxylation sites is 1. The third kappa shape index (κ3) is 5.09. The molecule has 5 rings (SSSR count). The predicted molar refractivity (Wildman–Crippen MR) is 145 cm³/mol. The number of fused-ring (bicyclic) bond motifs is 1. The van der Waals surface area contributed by atoms with Crippen molar-refractivity contribution < 1.29 is 16.8 Å². The summed E-state index contributed by atoms with van der Waals surface area (Å²) in [6.45, 7) is 0.393. The largest absolute Gasteiger partial charge is 0.268 e. The summed E-state index contributed by atoms with van der Waals surface area (Å²) in [7, 11) is -7.60. The summed E-state index contributed by atoms with van der Waals surface area (Å²) in [5.41, 5.74) is 2.19. The van der Waals surface area contributed by atoms with Crippen molar-refractivity contribution in [2.24, 2.45) is 0 Å². The van der Waals surface area contributed by atoms with E-state index in [1.54, 1.807) is 79.0 Å². The monoisotopic (exact) mass is 530 g/mol. The van der Waals surface area contributed by atoms with Gasteiger partial charge in [-0.1, -0.05) is 84.9 Å². The minimum atomic E-state index is -3.82. The molecule has 0 saturated heterocycles. The molecule has 188 valence electrons. The number of sulfonamides is 1. The second kappa shape index (κ2) is 10.3. The van der Waals surface area contributed by atoms with E-state index in [-0.39, 0.29) is 22.9 Å². The highest BCUT2D eigenvalue weighted by atomic mass is 32.2. The standard InChI is InChI=1S/C29H26N2O4S2/c32-36(33,26-14-6-2-7-15-26)30(22-24-12-4-1-5-13-24)21-20-25-23-31(29-19-11-10-18-28(25)29)37(34,35)27-16-8-3-9-17-27/h1-19,23H,20-22H2. The van der Waals surface area contributed by atoms with Gasteiger partial charge >= 0.3 is 0 Å². The molecule has 0 fully saturated rings. The van der Waals surface area contributed by atoms with E-state index in [0.29, 0.717) is 11.9 Å². The van der Waals surface area contributed by atoms with Gasteiger partial charge in [0, 0.05) is 24.7 Å². The maximum atomic E-state index is 13.6. The first kappa shape index (κ1) is 25.0. The average Bonchev–Trinajstić information content (AvgIpc) is 3.32. The first-order valence-corrected chi connectivity index (χ1v) is 14.7. The van der Waals surface area contributed by atoms with Crippen molar-refractivity contribution in [2.75, 3.05) is 6.54 Å². The third-order valence-electron chi connectivity index (χ3n) is 6.27. The molecule has 0 aliphatic rings. The molecule has 1 heterocycles. The van der Waals surface area contributed by atoms with E-state index >= 15 is 0 Å². The Morgan fingerprint density at radius 3 is 1.81 bits per heavy atom. The van der Waals surface area contributed by atoms with Crippen LogP contribution in [0.2, 0.25) is 0 Å². The lowest BCUT2D eigenvalue weighted by molar-refractivity contribution is 0.410. The molecule has 6 nitrogen and oxygen atoms in total. The maximum Gasteiger partial charge on any atom is 0.268 e. The summed E-state index contributed by atoms with van der Waals surface area (Å²) in [5.74, 6) is 0. The highest BCUT2D eigenvalue weighted by Gasteiger charge is 2.26. The van der Waals surface area contributed by atoms with Crippen molar-refractivity contribution in [1.29, 1.82) is 0 Å². The van der Waals surface area contributed by atoms with Gasteiger partial charge in [0.1, 0.15) is 0 Å². The third-order valence-corrected chi connectivity index (χ3v) is 9.82. The summed E-state index contributed by atoms with van der Waals surface area (Å²) < 4.78 is 56.8. The van der Waals surface area contributed by atoms with E-state index in [0.717, 1.165) is 16.5 Å². The Bertz CT molecular complexity index is 1720. The summed E-state index contributed by atoms with van der Waals surface area (Å²) in [6.07, 6.45) is 1.96. The van der Waals surface area contributed by atoms with Crippen molar-refractivity contribution in [3.8, 4) is 0 Å². The highest BCUT2D eigenvalue weighted by molar-refractivity contribution is 7.90. The quantitative estimate of drug-likeness (QED) is 0.259. The number of hydrogen-bond acceptors (Lipinski definition) is 4. The van der Waals surface area contributed by atoms with Gasteiger partial charge in [0.15, 0.2) is 0 Å². The van der Waals surface area contributed by atoms with E-state index in [1.165, 1.54) is 8.28 Å². The molecular formula is C29H26N2O4S2. The zero-order chi connectivity index (χ0) is 25.9. The first-order valence-electron chi connectivity index (χ1n) is 11.9. The summed E-state index contributed by atoms with van der Waals surface area (Å²) >= 11 is 0. The fraction of sp³-hybridized carbons (Fsp3) is 0.103. The second-order valence-corrected chi connectivity index (χ2v) is 12.4. The number of nitrogens with zero attached hydrogens (tertiary/aromatic N) is 2. The summed E-state index contributed by atoms with van der Waals surface area (Å²) in [5, 5.41) is 0.777. The summed E-state index contributed by atoms with van der Waals surface area (Å²) in [4.78, 5) is 0.416. The summed E-state index contributed by atoms with van der Waals surface area (Å²) in [6, 6.07) is 33.4. The van der Waals surface area contributed by atoms with Crippen molar-refractivity contribution in [1.82, 2.24) is 8.28 Å². The molecule has 8 heteroatoms. The van der Waals surface area contributed by atoms with Crippen LogP contribution in [0.4, 0.5) is 0 Å². The zero-order valence-corrected chi connectivity index (χ0v) is 21.6. The fourth-order valence-electron chi connectivity index (χ4n) is 4.38. The zero-order valence-electron chi connectivity index (χ0n) is 20.0. The van der Waals surface area contributed by atoms with E-state index in [9.17, 15) is 16.8 Å². The topological polar surface area (TPSA) is 76.5 Å². The van der Waals surface area contributed by atoms with Crippen molar-refractivity contribution in [3.05, 3.63) is 133 Å². The molecule has 0 bridgehead atoms. The molecule has 0 spiro atoms. The van der Waals surface area contributed by atoms with Gasteiger partial charge in [0.05, 0.1) is 15.3 Å². The Morgan fingerprint density at radius 2 is 1.16 bits per heavy atom. The Morgan fingerprint density at radius 1 is 0.622 bits per heavy atom. The molecule has 0 aliphatic heterocycles. The Hall–Kier alpha value is -3.72. The number of hydrogen-bond donors (Lipinski definition) is 0. The van der Waals surface area contributed by atoms with Crippen LogP contribution in [0.1, 0.15) is 11.1 Å². The van der Waals surface area contributed by atoms with Gasteiger partial charge in [-0.2, -0.15) is 4.31 Å². The molecule has 0 radical (unpaired) electrons. The lowest BCUT2D eigenvalue weighted by Gasteiger charge is -2.22. The smallest absolute Gasteiger partial charge is 0.241 e. The van der Waals surface area contributed by atoms with Gasteiger partial charge in [-0.25, -0.2) is 20.8 Å². The van der Waals surface area contributed by atoms with Gasteiger partial charge in [-0.15, -0.1) is 0 Å². The van der Waals surface area contributed by atoms with Crippen LogP contribution >= 0.6 is 0 Å². The normalized spacial score (nSPS) is 12.2.